The third kappa shape index (κ3) is 5.37. The lowest BCUT2D eigenvalue weighted by Crippen LogP contribution is -2.17. The third-order valence-electron chi connectivity index (χ3n) is 1.94. The van der Waals surface area contributed by atoms with Crippen LogP contribution < -0.4 is 5.32 Å². The minimum Gasteiger partial charge on any atom is -0.447 e. The van der Waals surface area contributed by atoms with E-state index in [-0.39, 0.29) is 12.7 Å². The highest BCUT2D eigenvalue weighted by molar-refractivity contribution is 5.84. The summed E-state index contributed by atoms with van der Waals surface area (Å²) >= 11 is 0. The number of aliphatic hydroxyl groups is 1. The van der Waals surface area contributed by atoms with E-state index in [1.54, 1.807) is 38.1 Å². The predicted molar refractivity (Wildman–Crippen MR) is 70.3 cm³/mol. The molecule has 0 bridgehead atoms. The maximum atomic E-state index is 11.3. The molecule has 0 saturated heterocycles. The van der Waals surface area contributed by atoms with Crippen LogP contribution in [-0.4, -0.2) is 23.9 Å². The number of carbonyl (C=O) groups excluding carboxylic acids is 1. The second-order valence-corrected chi connectivity index (χ2v) is 3.93. The molecule has 0 unspecified atom stereocenters. The van der Waals surface area contributed by atoms with Crippen LogP contribution in [0.3, 0.4) is 0 Å². The van der Waals surface area contributed by atoms with Gasteiger partial charge in [-0.25, -0.2) is 4.79 Å². The lowest BCUT2D eigenvalue weighted by molar-refractivity contribution is 0.130. The highest BCUT2D eigenvalue weighted by Crippen LogP contribution is 2.09. The van der Waals surface area contributed by atoms with E-state index >= 15 is 0 Å². The molecule has 0 fully saturated rings. The molecule has 0 aliphatic carbocycles. The number of hydrogen-bond acceptors (Lipinski definition) is 3. The SMILES string of the molecule is CC(C)OC(=O)Nc1ccc(C#CCCO)cc1. The van der Waals surface area contributed by atoms with Crippen molar-refractivity contribution in [3.05, 3.63) is 29.8 Å². The van der Waals surface area contributed by atoms with E-state index in [1.807, 2.05) is 0 Å². The van der Waals surface area contributed by atoms with E-state index < -0.39 is 6.09 Å². The average Bonchev–Trinajstić information content (AvgIpc) is 2.30. The fourth-order valence-corrected chi connectivity index (χ4v) is 1.22. The molecule has 0 aromatic heterocycles. The Morgan fingerprint density at radius 2 is 2.06 bits per heavy atom. The molecule has 0 aliphatic rings. The fourth-order valence-electron chi connectivity index (χ4n) is 1.22. The second kappa shape index (κ2) is 7.36. The van der Waals surface area contributed by atoms with Gasteiger partial charge in [0.15, 0.2) is 0 Å². The summed E-state index contributed by atoms with van der Waals surface area (Å²) in [6.45, 7) is 3.65. The van der Waals surface area contributed by atoms with Crippen LogP contribution in [-0.2, 0) is 4.74 Å². The van der Waals surface area contributed by atoms with Gasteiger partial charge >= 0.3 is 6.09 Å². The van der Waals surface area contributed by atoms with E-state index in [0.29, 0.717) is 12.1 Å². The van der Waals surface area contributed by atoms with Gasteiger partial charge in [0.25, 0.3) is 0 Å². The van der Waals surface area contributed by atoms with Crippen molar-refractivity contribution in [2.75, 3.05) is 11.9 Å². The van der Waals surface area contributed by atoms with E-state index in [1.165, 1.54) is 0 Å². The third-order valence-corrected chi connectivity index (χ3v) is 1.94. The molecule has 2 N–H and O–H groups in total. The Morgan fingerprint density at radius 3 is 2.61 bits per heavy atom. The monoisotopic (exact) mass is 247 g/mol. The molecule has 18 heavy (non-hydrogen) atoms. The molecular weight excluding hydrogens is 230 g/mol. The largest absolute Gasteiger partial charge is 0.447 e. The van der Waals surface area contributed by atoms with E-state index in [9.17, 15) is 4.79 Å². The highest BCUT2D eigenvalue weighted by atomic mass is 16.6. The summed E-state index contributed by atoms with van der Waals surface area (Å²) in [5.74, 6) is 5.73. The molecule has 1 aromatic rings. The van der Waals surface area contributed by atoms with Gasteiger partial charge in [-0.15, -0.1) is 0 Å². The van der Waals surface area contributed by atoms with Crippen LogP contribution in [0.15, 0.2) is 24.3 Å². The molecule has 0 aliphatic heterocycles. The van der Waals surface area contributed by atoms with Crippen molar-refractivity contribution in [3.8, 4) is 11.8 Å². The van der Waals surface area contributed by atoms with Crippen molar-refractivity contribution in [3.63, 3.8) is 0 Å². The molecule has 0 atom stereocenters. The zero-order valence-corrected chi connectivity index (χ0v) is 10.6. The summed E-state index contributed by atoms with van der Waals surface area (Å²) in [6.07, 6.45) is -0.154. The Balaban J connectivity index is 2.56. The van der Waals surface area contributed by atoms with Crippen LogP contribution in [0.2, 0.25) is 0 Å². The Bertz CT molecular complexity index is 440. The first-order valence-electron chi connectivity index (χ1n) is 5.79. The van der Waals surface area contributed by atoms with Gasteiger partial charge in [0, 0.05) is 17.7 Å². The number of carbonyl (C=O) groups is 1. The summed E-state index contributed by atoms with van der Waals surface area (Å²) in [5, 5.41) is 11.2. The van der Waals surface area contributed by atoms with Crippen molar-refractivity contribution in [2.45, 2.75) is 26.4 Å². The van der Waals surface area contributed by atoms with Crippen molar-refractivity contribution < 1.29 is 14.6 Å². The van der Waals surface area contributed by atoms with Gasteiger partial charge in [-0.05, 0) is 38.1 Å². The minimum absolute atomic E-state index is 0.0632. The van der Waals surface area contributed by atoms with Crippen molar-refractivity contribution in [1.82, 2.24) is 0 Å². The Labute approximate surface area is 107 Å². The van der Waals surface area contributed by atoms with Gasteiger partial charge in [0.1, 0.15) is 0 Å². The molecule has 0 saturated carbocycles. The molecule has 0 radical (unpaired) electrons. The maximum absolute atomic E-state index is 11.3. The zero-order chi connectivity index (χ0) is 13.4. The number of hydrogen-bond donors (Lipinski definition) is 2. The van der Waals surface area contributed by atoms with Gasteiger partial charge in [-0.2, -0.15) is 0 Å². The van der Waals surface area contributed by atoms with Gasteiger partial charge in [-0.3, -0.25) is 5.32 Å². The first-order chi connectivity index (χ1) is 8.61. The van der Waals surface area contributed by atoms with Crippen molar-refractivity contribution in [1.29, 1.82) is 0 Å². The standard InChI is InChI=1S/C14H17NO3/c1-11(2)18-14(17)15-13-8-6-12(7-9-13)5-3-4-10-16/h6-9,11,16H,4,10H2,1-2H3,(H,15,17). The summed E-state index contributed by atoms with van der Waals surface area (Å²) in [7, 11) is 0. The number of rotatable bonds is 3. The molecule has 4 nitrogen and oxygen atoms in total. The zero-order valence-electron chi connectivity index (χ0n) is 10.6. The number of amides is 1. The minimum atomic E-state index is -0.468. The van der Waals surface area contributed by atoms with Crippen LogP contribution in [0.5, 0.6) is 0 Å². The molecule has 4 heteroatoms. The second-order valence-electron chi connectivity index (χ2n) is 3.93. The van der Waals surface area contributed by atoms with Crippen molar-refractivity contribution in [2.24, 2.45) is 0 Å². The van der Waals surface area contributed by atoms with E-state index in [2.05, 4.69) is 17.2 Å². The van der Waals surface area contributed by atoms with E-state index in [0.717, 1.165) is 5.56 Å². The topological polar surface area (TPSA) is 58.6 Å². The summed E-state index contributed by atoms with van der Waals surface area (Å²) in [6, 6.07) is 7.11. The summed E-state index contributed by atoms with van der Waals surface area (Å²) < 4.78 is 4.96. The first-order valence-corrected chi connectivity index (χ1v) is 5.79. The number of anilines is 1. The quantitative estimate of drug-likeness (QED) is 0.806. The number of aliphatic hydroxyl groups excluding tert-OH is 1. The van der Waals surface area contributed by atoms with Crippen LogP contribution >= 0.6 is 0 Å². The van der Waals surface area contributed by atoms with Gasteiger partial charge in [0.2, 0.25) is 0 Å². The number of nitrogens with one attached hydrogen (secondary N) is 1. The maximum Gasteiger partial charge on any atom is 0.411 e. The lowest BCUT2D eigenvalue weighted by Gasteiger charge is -2.09. The van der Waals surface area contributed by atoms with Crippen LogP contribution in [0, 0.1) is 11.8 Å². The number of benzene rings is 1. The van der Waals surface area contributed by atoms with Crippen LogP contribution in [0.1, 0.15) is 25.8 Å². The average molecular weight is 247 g/mol. The van der Waals surface area contributed by atoms with Crippen LogP contribution in [0.25, 0.3) is 0 Å². The smallest absolute Gasteiger partial charge is 0.411 e. The summed E-state index contributed by atoms with van der Waals surface area (Å²) in [4.78, 5) is 11.3. The molecule has 1 amide bonds. The fraction of sp³-hybridized carbons (Fsp3) is 0.357. The molecule has 0 spiro atoms. The summed E-state index contributed by atoms with van der Waals surface area (Å²) in [5.41, 5.74) is 1.50. The Hall–Kier alpha value is -1.99. The van der Waals surface area contributed by atoms with Gasteiger partial charge < -0.3 is 9.84 Å². The molecule has 96 valence electrons. The van der Waals surface area contributed by atoms with Gasteiger partial charge in [0.05, 0.1) is 12.7 Å². The first kappa shape index (κ1) is 14.1. The van der Waals surface area contributed by atoms with Crippen molar-refractivity contribution >= 4 is 11.8 Å². The van der Waals surface area contributed by atoms with Crippen LogP contribution in [0.4, 0.5) is 10.5 Å². The normalized spacial score (nSPS) is 9.56. The molecular formula is C14H17NO3. The molecule has 0 heterocycles. The van der Waals surface area contributed by atoms with E-state index in [4.69, 9.17) is 9.84 Å². The Kier molecular flexibility index (Phi) is 5.75. The lowest BCUT2D eigenvalue weighted by atomic mass is 10.2. The molecule has 1 aromatic carbocycles. The predicted octanol–water partition coefficient (Wildman–Crippen LogP) is 2.38. The Morgan fingerprint density at radius 1 is 1.39 bits per heavy atom. The molecule has 1 rings (SSSR count). The highest BCUT2D eigenvalue weighted by Gasteiger charge is 2.04. The van der Waals surface area contributed by atoms with Gasteiger partial charge in [-0.1, -0.05) is 11.8 Å². The number of ether oxygens (including phenoxy) is 1.